The molecule has 2 heteroatoms. The van der Waals surface area contributed by atoms with E-state index in [0.717, 1.165) is 67.9 Å². The van der Waals surface area contributed by atoms with Crippen LogP contribution in [-0.2, 0) is 0 Å². The van der Waals surface area contributed by atoms with Gasteiger partial charge in [0.05, 0.1) is 0 Å². The van der Waals surface area contributed by atoms with Crippen LogP contribution >= 0.6 is 0 Å². The summed E-state index contributed by atoms with van der Waals surface area (Å²) >= 11 is 0. The molecule has 7 aromatic rings. The minimum atomic E-state index is 0.675. The van der Waals surface area contributed by atoms with Gasteiger partial charge < -0.3 is 4.90 Å². The summed E-state index contributed by atoms with van der Waals surface area (Å²) in [4.78, 5) is 13.5. The van der Waals surface area contributed by atoms with Crippen molar-refractivity contribution in [2.24, 2.45) is 0 Å². The molecule has 0 aliphatic heterocycles. The Balaban J connectivity index is 1.38. The van der Waals surface area contributed by atoms with E-state index in [1.807, 2.05) is 36.4 Å². The summed E-state index contributed by atoms with van der Waals surface area (Å²) in [5.74, 6) is 0. The zero-order valence-electron chi connectivity index (χ0n) is 25.9. The highest BCUT2D eigenvalue weighted by molar-refractivity contribution is 6.05. The van der Waals surface area contributed by atoms with Crippen LogP contribution in [0.2, 0.25) is 0 Å². The first kappa shape index (κ1) is 29.5. The molecule has 7 aromatic carbocycles. The van der Waals surface area contributed by atoms with Crippen LogP contribution in [0.1, 0.15) is 32.6 Å². The van der Waals surface area contributed by atoms with Crippen molar-refractivity contribution in [2.75, 3.05) is 4.90 Å². The molecule has 0 amide bonds. The summed E-state index contributed by atoms with van der Waals surface area (Å²) in [5, 5.41) is 0. The van der Waals surface area contributed by atoms with Crippen molar-refractivity contribution < 1.29 is 4.79 Å². The van der Waals surface area contributed by atoms with Gasteiger partial charge in [0.25, 0.3) is 0 Å². The van der Waals surface area contributed by atoms with Gasteiger partial charge in [-0.3, -0.25) is 4.79 Å². The largest absolute Gasteiger partial charge is 0.311 e. The summed E-state index contributed by atoms with van der Waals surface area (Å²) < 4.78 is 0. The summed E-state index contributed by atoms with van der Waals surface area (Å²) in [5.41, 5.74) is 13.0. The quantitative estimate of drug-likeness (QED) is 0.121. The zero-order chi connectivity index (χ0) is 31.8. The molecule has 0 bridgehead atoms. The van der Waals surface area contributed by atoms with Crippen LogP contribution in [0.4, 0.5) is 17.1 Å². The highest BCUT2D eigenvalue weighted by atomic mass is 16.1. The second-order valence-corrected chi connectivity index (χ2v) is 11.4. The van der Waals surface area contributed by atoms with Gasteiger partial charge in [-0.15, -0.1) is 0 Å². The Bertz CT molecular complexity index is 2040. The average molecular weight is 604 g/mol. The standard InChI is InChI=1S/C45H33NO/c47-33-34-21-23-35(24-22-34)36-25-27-39(28-26-36)44(37-13-5-1-6-14-37)45(38-15-7-2-8-16-38)40-29-31-43(32-30-40)46(41-17-9-3-10-18-41)42-19-11-4-12-20-42/h1-33H/b45-44+. The van der Waals surface area contributed by atoms with Gasteiger partial charge in [-0.25, -0.2) is 0 Å². The molecule has 0 heterocycles. The van der Waals surface area contributed by atoms with Crippen LogP contribution in [0, 0.1) is 0 Å². The molecule has 2 nitrogen and oxygen atoms in total. The molecule has 0 fully saturated rings. The van der Waals surface area contributed by atoms with E-state index in [9.17, 15) is 4.79 Å². The lowest BCUT2D eigenvalue weighted by Gasteiger charge is -2.26. The molecule has 0 spiro atoms. The van der Waals surface area contributed by atoms with Crippen molar-refractivity contribution in [1.29, 1.82) is 0 Å². The predicted octanol–water partition coefficient (Wildman–Crippen LogP) is 11.6. The SMILES string of the molecule is O=Cc1ccc(-c2ccc(/C(=C(\c3ccccc3)c3ccc(N(c4ccccc4)c4ccccc4)cc3)c3ccccc3)cc2)cc1. The summed E-state index contributed by atoms with van der Waals surface area (Å²) in [6.07, 6.45) is 0.877. The lowest BCUT2D eigenvalue weighted by atomic mass is 9.85. The highest BCUT2D eigenvalue weighted by Gasteiger charge is 2.18. The number of para-hydroxylation sites is 2. The van der Waals surface area contributed by atoms with Gasteiger partial charge in [0.15, 0.2) is 0 Å². The smallest absolute Gasteiger partial charge is 0.150 e. The highest BCUT2D eigenvalue weighted by Crippen LogP contribution is 2.40. The first-order chi connectivity index (χ1) is 23.3. The minimum absolute atomic E-state index is 0.675. The molecule has 0 aromatic heterocycles. The van der Waals surface area contributed by atoms with Crippen molar-refractivity contribution in [1.82, 2.24) is 0 Å². The number of rotatable bonds is 9. The molecule has 0 radical (unpaired) electrons. The lowest BCUT2D eigenvalue weighted by Crippen LogP contribution is -2.09. The summed E-state index contributed by atoms with van der Waals surface area (Å²) in [6.45, 7) is 0. The van der Waals surface area contributed by atoms with E-state index >= 15 is 0 Å². The Labute approximate surface area is 276 Å². The average Bonchev–Trinajstić information content (AvgIpc) is 3.16. The molecule has 0 saturated heterocycles. The maximum atomic E-state index is 11.2. The molecule has 0 N–H and O–H groups in total. The first-order valence-electron chi connectivity index (χ1n) is 15.8. The van der Waals surface area contributed by atoms with E-state index in [1.165, 1.54) is 0 Å². The van der Waals surface area contributed by atoms with Gasteiger partial charge in [0, 0.05) is 22.6 Å². The Morgan fingerprint density at radius 3 is 1.06 bits per heavy atom. The molecule has 0 aliphatic carbocycles. The van der Waals surface area contributed by atoms with Crippen LogP contribution < -0.4 is 4.90 Å². The number of hydrogen-bond acceptors (Lipinski definition) is 2. The minimum Gasteiger partial charge on any atom is -0.311 e. The van der Waals surface area contributed by atoms with Crippen LogP contribution in [0.15, 0.2) is 194 Å². The van der Waals surface area contributed by atoms with Gasteiger partial charge >= 0.3 is 0 Å². The number of benzene rings is 7. The number of carbonyl (C=O) groups excluding carboxylic acids is 1. The van der Waals surface area contributed by atoms with Gasteiger partial charge in [0.2, 0.25) is 0 Å². The van der Waals surface area contributed by atoms with Crippen LogP contribution in [0.25, 0.3) is 22.3 Å². The van der Waals surface area contributed by atoms with E-state index in [2.05, 4.69) is 163 Å². The maximum absolute atomic E-state index is 11.2. The van der Waals surface area contributed by atoms with Crippen molar-refractivity contribution in [3.63, 3.8) is 0 Å². The van der Waals surface area contributed by atoms with Crippen molar-refractivity contribution in [3.05, 3.63) is 222 Å². The van der Waals surface area contributed by atoms with Crippen molar-refractivity contribution in [2.45, 2.75) is 0 Å². The second-order valence-electron chi connectivity index (χ2n) is 11.4. The number of aldehydes is 1. The Kier molecular flexibility index (Phi) is 8.65. The molecule has 0 aliphatic rings. The monoisotopic (exact) mass is 603 g/mol. The first-order valence-corrected chi connectivity index (χ1v) is 15.8. The van der Waals surface area contributed by atoms with Crippen molar-refractivity contribution >= 4 is 34.5 Å². The third-order valence-electron chi connectivity index (χ3n) is 8.37. The molecular formula is C45H33NO. The molecule has 47 heavy (non-hydrogen) atoms. The Morgan fingerprint density at radius 2 is 0.660 bits per heavy atom. The Morgan fingerprint density at radius 1 is 0.340 bits per heavy atom. The van der Waals surface area contributed by atoms with Gasteiger partial charge in [-0.1, -0.05) is 158 Å². The second kappa shape index (κ2) is 13.8. The number of hydrogen-bond donors (Lipinski definition) is 0. The van der Waals surface area contributed by atoms with E-state index in [1.54, 1.807) is 0 Å². The van der Waals surface area contributed by atoms with Crippen LogP contribution in [0.3, 0.4) is 0 Å². The fourth-order valence-electron chi connectivity index (χ4n) is 6.08. The molecule has 7 rings (SSSR count). The normalized spacial score (nSPS) is 11.4. The number of nitrogens with zero attached hydrogens (tertiary/aromatic N) is 1. The van der Waals surface area contributed by atoms with Gasteiger partial charge in [0.1, 0.15) is 6.29 Å². The van der Waals surface area contributed by atoms with Crippen LogP contribution in [0.5, 0.6) is 0 Å². The number of carbonyl (C=O) groups is 1. The van der Waals surface area contributed by atoms with Gasteiger partial charge in [-0.2, -0.15) is 0 Å². The summed E-state index contributed by atoms with van der Waals surface area (Å²) in [6, 6.07) is 67.6. The lowest BCUT2D eigenvalue weighted by molar-refractivity contribution is 0.112. The molecule has 0 atom stereocenters. The van der Waals surface area contributed by atoms with E-state index in [-0.39, 0.29) is 0 Å². The predicted molar refractivity (Wildman–Crippen MR) is 196 cm³/mol. The third kappa shape index (κ3) is 6.45. The third-order valence-corrected chi connectivity index (χ3v) is 8.37. The van der Waals surface area contributed by atoms with Crippen LogP contribution in [-0.4, -0.2) is 6.29 Å². The van der Waals surface area contributed by atoms with E-state index in [4.69, 9.17) is 0 Å². The fourth-order valence-corrected chi connectivity index (χ4v) is 6.08. The molecule has 0 saturated carbocycles. The van der Waals surface area contributed by atoms with E-state index < -0.39 is 0 Å². The maximum Gasteiger partial charge on any atom is 0.150 e. The molecule has 0 unspecified atom stereocenters. The zero-order valence-corrected chi connectivity index (χ0v) is 25.9. The fraction of sp³-hybridized carbons (Fsp3) is 0. The molecular weight excluding hydrogens is 571 g/mol. The topological polar surface area (TPSA) is 20.3 Å². The molecule has 224 valence electrons. The van der Waals surface area contributed by atoms with Crippen molar-refractivity contribution in [3.8, 4) is 11.1 Å². The van der Waals surface area contributed by atoms with E-state index in [0.29, 0.717) is 5.56 Å². The summed E-state index contributed by atoms with van der Waals surface area (Å²) in [7, 11) is 0. The van der Waals surface area contributed by atoms with Gasteiger partial charge in [-0.05, 0) is 80.9 Å². The Hall–Kier alpha value is -6.25. The number of anilines is 3.